The van der Waals surface area contributed by atoms with Crippen LogP contribution >= 0.6 is 0 Å². The molecule has 1 saturated heterocycles. The summed E-state index contributed by atoms with van der Waals surface area (Å²) in [6.07, 6.45) is 4.67. The maximum Gasteiger partial charge on any atom is 0.256 e. The Hall–Kier alpha value is -1.00. The number of hydrazine groups is 1. The molecule has 152 valence electrons. The molecule has 1 saturated carbocycles. The molecule has 2 atom stereocenters. The summed E-state index contributed by atoms with van der Waals surface area (Å²) in [6.45, 7) is 0. The fourth-order valence-corrected chi connectivity index (χ4v) is 7.72. The van der Waals surface area contributed by atoms with Gasteiger partial charge in [-0.3, -0.25) is 0 Å². The van der Waals surface area contributed by atoms with E-state index in [-0.39, 0.29) is 10.6 Å². The molecule has 0 amide bonds. The van der Waals surface area contributed by atoms with E-state index >= 15 is 0 Å². The van der Waals surface area contributed by atoms with Gasteiger partial charge in [0.1, 0.15) is 0 Å². The lowest BCUT2D eigenvalue weighted by Crippen LogP contribution is -2.53. The Kier molecular flexibility index (Phi) is 5.98. The van der Waals surface area contributed by atoms with Gasteiger partial charge in [-0.1, -0.05) is 31.4 Å². The van der Waals surface area contributed by atoms with E-state index in [0.29, 0.717) is 5.92 Å². The van der Waals surface area contributed by atoms with Crippen molar-refractivity contribution in [2.75, 3.05) is 25.6 Å². The SMILES string of the molecule is CN(C)N([C@@H]1CS(=O)(=O)C[C@@H]1O)S(=O)(=O)c1ccc(C2CCCCC2)cc1. The fraction of sp³-hybridized carbons (Fsp3) is 0.667. The van der Waals surface area contributed by atoms with Gasteiger partial charge in [-0.15, -0.1) is 4.41 Å². The van der Waals surface area contributed by atoms with E-state index in [9.17, 15) is 21.9 Å². The third-order valence-corrected chi connectivity index (χ3v) is 9.13. The molecule has 9 heteroatoms. The van der Waals surface area contributed by atoms with E-state index in [0.717, 1.165) is 22.8 Å². The van der Waals surface area contributed by atoms with Gasteiger partial charge in [0.15, 0.2) is 9.84 Å². The van der Waals surface area contributed by atoms with Crippen molar-refractivity contribution < 1.29 is 21.9 Å². The Morgan fingerprint density at radius 3 is 2.07 bits per heavy atom. The van der Waals surface area contributed by atoms with E-state index in [1.54, 1.807) is 12.1 Å². The van der Waals surface area contributed by atoms with E-state index in [4.69, 9.17) is 0 Å². The van der Waals surface area contributed by atoms with Crippen LogP contribution in [0.15, 0.2) is 29.2 Å². The highest BCUT2D eigenvalue weighted by molar-refractivity contribution is 7.92. The van der Waals surface area contributed by atoms with Gasteiger partial charge in [0.25, 0.3) is 10.0 Å². The van der Waals surface area contributed by atoms with Crippen LogP contribution in [-0.2, 0) is 19.9 Å². The summed E-state index contributed by atoms with van der Waals surface area (Å²) in [5.41, 5.74) is 1.15. The quantitative estimate of drug-likeness (QED) is 0.729. The van der Waals surface area contributed by atoms with Gasteiger partial charge < -0.3 is 5.11 Å². The number of aliphatic hydroxyl groups excluding tert-OH is 1. The van der Waals surface area contributed by atoms with Crippen molar-refractivity contribution in [3.63, 3.8) is 0 Å². The second-order valence-electron chi connectivity index (χ2n) is 7.74. The van der Waals surface area contributed by atoms with Crippen molar-refractivity contribution in [1.29, 1.82) is 0 Å². The molecule has 0 unspecified atom stereocenters. The molecular weight excluding hydrogens is 388 g/mol. The van der Waals surface area contributed by atoms with Crippen LogP contribution in [0.25, 0.3) is 0 Å². The van der Waals surface area contributed by atoms with Gasteiger partial charge >= 0.3 is 0 Å². The molecule has 1 aliphatic heterocycles. The number of hydrogen-bond acceptors (Lipinski definition) is 6. The van der Waals surface area contributed by atoms with Gasteiger partial charge in [-0.05, 0) is 36.5 Å². The molecule has 0 spiro atoms. The van der Waals surface area contributed by atoms with Crippen LogP contribution in [0.2, 0.25) is 0 Å². The van der Waals surface area contributed by atoms with Crippen molar-refractivity contribution in [1.82, 2.24) is 9.42 Å². The third kappa shape index (κ3) is 4.37. The molecule has 0 aromatic heterocycles. The van der Waals surface area contributed by atoms with Crippen molar-refractivity contribution in [3.05, 3.63) is 29.8 Å². The summed E-state index contributed by atoms with van der Waals surface area (Å²) in [6, 6.07) is 5.88. The summed E-state index contributed by atoms with van der Waals surface area (Å²) in [5, 5.41) is 11.5. The first-order valence-corrected chi connectivity index (χ1v) is 12.6. The Labute approximate surface area is 161 Å². The molecule has 1 aromatic carbocycles. The van der Waals surface area contributed by atoms with Gasteiger partial charge in [-0.25, -0.2) is 21.8 Å². The molecule has 1 aliphatic carbocycles. The zero-order valence-corrected chi connectivity index (χ0v) is 17.4. The zero-order valence-electron chi connectivity index (χ0n) is 15.8. The molecule has 1 heterocycles. The molecule has 2 aliphatic rings. The number of benzene rings is 1. The van der Waals surface area contributed by atoms with Gasteiger partial charge in [-0.2, -0.15) is 0 Å². The summed E-state index contributed by atoms with van der Waals surface area (Å²) in [7, 11) is -4.38. The molecule has 0 bridgehead atoms. The Morgan fingerprint density at radius 2 is 1.59 bits per heavy atom. The maximum atomic E-state index is 13.2. The average molecular weight is 417 g/mol. The van der Waals surface area contributed by atoms with Crippen LogP contribution in [-0.4, -0.2) is 69.1 Å². The van der Waals surface area contributed by atoms with Crippen molar-refractivity contribution in [2.24, 2.45) is 0 Å². The normalized spacial score (nSPS) is 26.7. The van der Waals surface area contributed by atoms with Crippen LogP contribution in [0.5, 0.6) is 0 Å². The summed E-state index contributed by atoms with van der Waals surface area (Å²) in [5.74, 6) is -0.327. The topological polar surface area (TPSA) is 95.0 Å². The smallest absolute Gasteiger partial charge is 0.256 e. The standard InChI is InChI=1S/C18H28N2O5S2/c1-19(2)20(17-12-26(22,23)13-18(17)21)27(24,25)16-10-8-15(9-11-16)14-6-4-3-5-7-14/h8-11,14,17-18,21H,3-7,12-13H2,1-2H3/t17-,18+/m1/s1. The fourth-order valence-electron chi connectivity index (χ4n) is 4.17. The molecular formula is C18H28N2O5S2. The monoisotopic (exact) mass is 416 g/mol. The van der Waals surface area contributed by atoms with Crippen LogP contribution in [0.4, 0.5) is 0 Å². The lowest BCUT2D eigenvalue weighted by Gasteiger charge is -2.34. The van der Waals surface area contributed by atoms with Gasteiger partial charge in [0.2, 0.25) is 0 Å². The Morgan fingerprint density at radius 1 is 1.00 bits per heavy atom. The minimum Gasteiger partial charge on any atom is -0.390 e. The minimum absolute atomic E-state index is 0.104. The average Bonchev–Trinajstić information content (AvgIpc) is 2.87. The molecule has 0 radical (unpaired) electrons. The minimum atomic E-state index is -3.98. The molecule has 1 aromatic rings. The molecule has 27 heavy (non-hydrogen) atoms. The number of hydrogen-bond donors (Lipinski definition) is 1. The van der Waals surface area contributed by atoms with Gasteiger partial charge in [0, 0.05) is 14.1 Å². The van der Waals surface area contributed by atoms with E-state index in [1.165, 1.54) is 38.4 Å². The molecule has 7 nitrogen and oxygen atoms in total. The van der Waals surface area contributed by atoms with E-state index < -0.39 is 37.8 Å². The molecule has 3 rings (SSSR count). The van der Waals surface area contributed by atoms with Gasteiger partial charge in [0.05, 0.1) is 28.5 Å². The van der Waals surface area contributed by atoms with Crippen molar-refractivity contribution in [3.8, 4) is 0 Å². The summed E-state index contributed by atoms with van der Waals surface area (Å²) >= 11 is 0. The number of rotatable bonds is 5. The Balaban J connectivity index is 1.88. The maximum absolute atomic E-state index is 13.2. The van der Waals surface area contributed by atoms with Crippen molar-refractivity contribution >= 4 is 19.9 Å². The Bertz CT molecular complexity index is 860. The zero-order chi connectivity index (χ0) is 19.8. The first-order chi connectivity index (χ1) is 12.6. The molecule has 2 fully saturated rings. The highest BCUT2D eigenvalue weighted by Gasteiger charge is 2.46. The first kappa shape index (κ1) is 20.7. The molecule has 1 N–H and O–H groups in total. The van der Waals surface area contributed by atoms with Crippen LogP contribution in [0.3, 0.4) is 0 Å². The number of aliphatic hydroxyl groups is 1. The third-order valence-electron chi connectivity index (χ3n) is 5.47. The van der Waals surface area contributed by atoms with E-state index in [2.05, 4.69) is 0 Å². The lowest BCUT2D eigenvalue weighted by atomic mass is 9.84. The van der Waals surface area contributed by atoms with Crippen LogP contribution in [0, 0.1) is 0 Å². The lowest BCUT2D eigenvalue weighted by molar-refractivity contribution is 0.0272. The summed E-state index contributed by atoms with van der Waals surface area (Å²) < 4.78 is 51.1. The predicted octanol–water partition coefficient (Wildman–Crippen LogP) is 1.36. The highest BCUT2D eigenvalue weighted by atomic mass is 32.2. The number of sulfone groups is 1. The second kappa shape index (κ2) is 7.79. The summed E-state index contributed by atoms with van der Waals surface area (Å²) in [4.78, 5) is 0.104. The number of nitrogens with zero attached hydrogens (tertiary/aromatic N) is 2. The number of sulfonamides is 1. The van der Waals surface area contributed by atoms with Crippen molar-refractivity contribution in [2.45, 2.75) is 55.1 Å². The second-order valence-corrected chi connectivity index (χ2v) is 11.7. The van der Waals surface area contributed by atoms with Crippen LogP contribution in [0.1, 0.15) is 43.6 Å². The largest absolute Gasteiger partial charge is 0.390 e. The van der Waals surface area contributed by atoms with Crippen LogP contribution < -0.4 is 0 Å². The van der Waals surface area contributed by atoms with E-state index in [1.807, 2.05) is 12.1 Å². The first-order valence-electron chi connectivity index (χ1n) is 9.32. The predicted molar refractivity (Wildman–Crippen MR) is 103 cm³/mol. The highest BCUT2D eigenvalue weighted by Crippen LogP contribution is 2.33.